The Balaban J connectivity index is 1.56. The maximum Gasteiger partial charge on any atom is 0.317 e. The highest BCUT2D eigenvalue weighted by Crippen LogP contribution is 2.30. The number of pyridine rings is 1. The minimum atomic E-state index is -0.843. The number of aliphatic carboxylic acids is 1. The minimum absolute atomic E-state index is 0.213. The Morgan fingerprint density at radius 3 is 2.87 bits per heavy atom. The van der Waals surface area contributed by atoms with Gasteiger partial charge in [-0.1, -0.05) is 6.07 Å². The van der Waals surface area contributed by atoms with E-state index in [-0.39, 0.29) is 12.6 Å². The number of rotatable bonds is 3. The second-order valence-corrected chi connectivity index (χ2v) is 6.81. The predicted octanol–water partition coefficient (Wildman–Crippen LogP) is 1.97. The number of aromatic nitrogens is 1. The summed E-state index contributed by atoms with van der Waals surface area (Å²) in [6.45, 7) is 2.80. The fourth-order valence-corrected chi connectivity index (χ4v) is 3.31. The molecule has 0 radical (unpaired) electrons. The molecule has 1 atom stereocenters. The van der Waals surface area contributed by atoms with E-state index in [0.29, 0.717) is 19.5 Å². The van der Waals surface area contributed by atoms with Crippen LogP contribution in [0.3, 0.4) is 0 Å². The maximum atomic E-state index is 12.2. The SMILES string of the molecule is CC1(C(=O)O)CCN(C(=O)NCc2ccc3c(n2)CCCC3)C1. The monoisotopic (exact) mass is 317 g/mol. The fourth-order valence-electron chi connectivity index (χ4n) is 3.31. The maximum absolute atomic E-state index is 12.2. The number of likely N-dealkylation sites (tertiary alicyclic amines) is 1. The van der Waals surface area contributed by atoms with E-state index >= 15 is 0 Å². The summed E-state index contributed by atoms with van der Waals surface area (Å²) in [7, 11) is 0. The first kappa shape index (κ1) is 15.8. The highest BCUT2D eigenvalue weighted by atomic mass is 16.4. The van der Waals surface area contributed by atoms with Crippen molar-refractivity contribution in [2.45, 2.75) is 45.6 Å². The summed E-state index contributed by atoms with van der Waals surface area (Å²) in [5.41, 5.74) is 2.51. The summed E-state index contributed by atoms with van der Waals surface area (Å²) < 4.78 is 0. The van der Waals surface area contributed by atoms with E-state index in [2.05, 4.69) is 16.4 Å². The Morgan fingerprint density at radius 2 is 2.13 bits per heavy atom. The Hall–Kier alpha value is -2.11. The molecule has 1 aliphatic carbocycles. The van der Waals surface area contributed by atoms with Gasteiger partial charge in [-0.3, -0.25) is 9.78 Å². The Kier molecular flexibility index (Phi) is 4.24. The third-order valence-corrected chi connectivity index (χ3v) is 4.93. The first-order chi connectivity index (χ1) is 11.0. The predicted molar refractivity (Wildman–Crippen MR) is 85.0 cm³/mol. The molecular weight excluding hydrogens is 294 g/mol. The van der Waals surface area contributed by atoms with Gasteiger partial charge in [-0.25, -0.2) is 4.79 Å². The Bertz CT molecular complexity index is 632. The summed E-state index contributed by atoms with van der Waals surface area (Å²) in [5.74, 6) is -0.843. The van der Waals surface area contributed by atoms with Crippen LogP contribution in [0.25, 0.3) is 0 Å². The molecule has 3 rings (SSSR count). The average molecular weight is 317 g/mol. The number of nitrogens with zero attached hydrogens (tertiary/aromatic N) is 2. The van der Waals surface area contributed by atoms with Crippen LogP contribution in [-0.2, 0) is 24.2 Å². The highest BCUT2D eigenvalue weighted by Gasteiger charge is 2.42. The minimum Gasteiger partial charge on any atom is -0.481 e. The molecule has 2 amide bonds. The van der Waals surface area contributed by atoms with Gasteiger partial charge in [0.05, 0.1) is 17.7 Å². The first-order valence-corrected chi connectivity index (χ1v) is 8.22. The molecular formula is C17H23N3O3. The molecule has 124 valence electrons. The molecule has 1 aliphatic heterocycles. The van der Waals surface area contributed by atoms with Crippen molar-refractivity contribution in [2.75, 3.05) is 13.1 Å². The van der Waals surface area contributed by atoms with Crippen LogP contribution in [0.2, 0.25) is 0 Å². The first-order valence-electron chi connectivity index (χ1n) is 8.22. The van der Waals surface area contributed by atoms with Crippen molar-refractivity contribution in [1.29, 1.82) is 0 Å². The molecule has 1 saturated heterocycles. The molecule has 6 nitrogen and oxygen atoms in total. The number of carboxylic acid groups (broad SMARTS) is 1. The lowest BCUT2D eigenvalue weighted by Gasteiger charge is -2.21. The van der Waals surface area contributed by atoms with Gasteiger partial charge in [-0.15, -0.1) is 0 Å². The fraction of sp³-hybridized carbons (Fsp3) is 0.588. The number of carbonyl (C=O) groups is 2. The zero-order chi connectivity index (χ0) is 16.4. The topological polar surface area (TPSA) is 82.5 Å². The second kappa shape index (κ2) is 6.18. The molecule has 0 aromatic carbocycles. The van der Waals surface area contributed by atoms with Crippen LogP contribution in [0.15, 0.2) is 12.1 Å². The standard InChI is InChI=1S/C17H23N3O3/c1-17(15(21)22)8-9-20(11-17)16(23)18-10-13-7-6-12-4-2-3-5-14(12)19-13/h6-7H,2-5,8-11H2,1H3,(H,18,23)(H,21,22). The smallest absolute Gasteiger partial charge is 0.317 e. The molecule has 0 bridgehead atoms. The Morgan fingerprint density at radius 1 is 1.35 bits per heavy atom. The van der Waals surface area contributed by atoms with Crippen molar-refractivity contribution in [1.82, 2.24) is 15.2 Å². The zero-order valence-corrected chi connectivity index (χ0v) is 13.5. The van der Waals surface area contributed by atoms with Gasteiger partial charge < -0.3 is 15.3 Å². The van der Waals surface area contributed by atoms with Crippen molar-refractivity contribution in [3.8, 4) is 0 Å². The molecule has 0 saturated carbocycles. The van der Waals surface area contributed by atoms with Crippen LogP contribution in [0.1, 0.15) is 43.1 Å². The van der Waals surface area contributed by atoms with Gasteiger partial charge in [0.2, 0.25) is 0 Å². The van der Waals surface area contributed by atoms with Crippen LogP contribution in [0.4, 0.5) is 4.79 Å². The molecule has 1 fully saturated rings. The van der Waals surface area contributed by atoms with E-state index in [9.17, 15) is 14.7 Å². The summed E-state index contributed by atoms with van der Waals surface area (Å²) in [6.07, 6.45) is 5.00. The van der Waals surface area contributed by atoms with Crippen LogP contribution >= 0.6 is 0 Å². The summed E-state index contributed by atoms with van der Waals surface area (Å²) in [4.78, 5) is 29.7. The van der Waals surface area contributed by atoms with Crippen molar-refractivity contribution in [3.05, 3.63) is 29.1 Å². The molecule has 6 heteroatoms. The lowest BCUT2D eigenvalue weighted by molar-refractivity contribution is -0.147. The number of nitrogens with one attached hydrogen (secondary N) is 1. The van der Waals surface area contributed by atoms with Crippen molar-refractivity contribution in [2.24, 2.45) is 5.41 Å². The van der Waals surface area contributed by atoms with Gasteiger partial charge in [0.15, 0.2) is 0 Å². The van der Waals surface area contributed by atoms with Crippen LogP contribution < -0.4 is 5.32 Å². The van der Waals surface area contributed by atoms with Crippen LogP contribution in [-0.4, -0.2) is 40.1 Å². The van der Waals surface area contributed by atoms with E-state index in [0.717, 1.165) is 24.2 Å². The van der Waals surface area contributed by atoms with Gasteiger partial charge in [0.1, 0.15) is 0 Å². The third kappa shape index (κ3) is 3.30. The van der Waals surface area contributed by atoms with Gasteiger partial charge in [0, 0.05) is 18.8 Å². The quantitative estimate of drug-likeness (QED) is 0.893. The normalized spacial score (nSPS) is 23.4. The number of hydrogen-bond donors (Lipinski definition) is 2. The van der Waals surface area contributed by atoms with E-state index < -0.39 is 11.4 Å². The van der Waals surface area contributed by atoms with E-state index in [1.807, 2.05) is 6.07 Å². The molecule has 23 heavy (non-hydrogen) atoms. The Labute approximate surface area is 135 Å². The van der Waals surface area contributed by atoms with Crippen LogP contribution in [0.5, 0.6) is 0 Å². The lowest BCUT2D eigenvalue weighted by Crippen LogP contribution is -2.40. The number of urea groups is 1. The second-order valence-electron chi connectivity index (χ2n) is 6.81. The molecule has 0 spiro atoms. The summed E-state index contributed by atoms with van der Waals surface area (Å²) in [6, 6.07) is 3.87. The lowest BCUT2D eigenvalue weighted by atomic mass is 9.90. The third-order valence-electron chi connectivity index (χ3n) is 4.93. The van der Waals surface area contributed by atoms with Crippen LogP contribution in [0, 0.1) is 5.41 Å². The van der Waals surface area contributed by atoms with Gasteiger partial charge in [-0.05, 0) is 50.7 Å². The molecule has 2 heterocycles. The number of carboxylic acids is 1. The largest absolute Gasteiger partial charge is 0.481 e. The number of hydrogen-bond acceptors (Lipinski definition) is 3. The van der Waals surface area contributed by atoms with Crippen molar-refractivity contribution >= 4 is 12.0 Å². The molecule has 1 unspecified atom stereocenters. The number of aryl methyl sites for hydroxylation is 2. The highest BCUT2D eigenvalue weighted by molar-refractivity contribution is 5.79. The molecule has 2 N–H and O–H groups in total. The van der Waals surface area contributed by atoms with E-state index in [1.54, 1.807) is 11.8 Å². The van der Waals surface area contributed by atoms with E-state index in [4.69, 9.17) is 0 Å². The van der Waals surface area contributed by atoms with Gasteiger partial charge in [-0.2, -0.15) is 0 Å². The van der Waals surface area contributed by atoms with Crippen molar-refractivity contribution in [3.63, 3.8) is 0 Å². The molecule has 1 aromatic rings. The number of amides is 2. The molecule has 1 aromatic heterocycles. The van der Waals surface area contributed by atoms with E-state index in [1.165, 1.54) is 18.4 Å². The van der Waals surface area contributed by atoms with Crippen molar-refractivity contribution < 1.29 is 14.7 Å². The number of carbonyl (C=O) groups excluding carboxylic acids is 1. The molecule has 2 aliphatic rings. The summed E-state index contributed by atoms with van der Waals surface area (Å²) >= 11 is 0. The number of fused-ring (bicyclic) bond motifs is 1. The zero-order valence-electron chi connectivity index (χ0n) is 13.5. The average Bonchev–Trinajstić information content (AvgIpc) is 2.96. The summed E-state index contributed by atoms with van der Waals surface area (Å²) in [5, 5.41) is 12.1. The van der Waals surface area contributed by atoms with Gasteiger partial charge in [0.25, 0.3) is 0 Å². The van der Waals surface area contributed by atoms with Gasteiger partial charge >= 0.3 is 12.0 Å².